The van der Waals surface area contributed by atoms with Gasteiger partial charge in [0.25, 0.3) is 5.91 Å². The lowest BCUT2D eigenvalue weighted by molar-refractivity contribution is 0.0935. The van der Waals surface area contributed by atoms with E-state index in [0.29, 0.717) is 18.1 Å². The van der Waals surface area contributed by atoms with Crippen molar-refractivity contribution in [2.24, 2.45) is 0 Å². The summed E-state index contributed by atoms with van der Waals surface area (Å²) < 4.78 is 18.6. The van der Waals surface area contributed by atoms with Gasteiger partial charge >= 0.3 is 0 Å². The van der Waals surface area contributed by atoms with E-state index in [1.165, 1.54) is 12.3 Å². The molecule has 0 fully saturated rings. The fraction of sp³-hybridized carbons (Fsp3) is 0.333. The lowest BCUT2D eigenvalue weighted by atomic mass is 10.2. The molecule has 1 atom stereocenters. The molecule has 0 bridgehead atoms. The predicted molar refractivity (Wildman–Crippen MR) is 77.6 cm³/mol. The zero-order valence-electron chi connectivity index (χ0n) is 12.0. The van der Waals surface area contributed by atoms with Crippen LogP contribution in [0.4, 0.5) is 10.2 Å². The van der Waals surface area contributed by atoms with Crippen molar-refractivity contribution in [1.29, 1.82) is 0 Å². The molecule has 0 aliphatic rings. The average molecular weight is 291 g/mol. The normalized spacial score (nSPS) is 12.0. The van der Waals surface area contributed by atoms with Gasteiger partial charge in [0.05, 0.1) is 24.1 Å². The number of hydrogen-bond acceptors (Lipinski definition) is 4. The number of carbonyl (C=O) groups excluding carboxylic acids is 1. The number of aromatic nitrogens is 1. The largest absolute Gasteiger partial charge is 0.467 e. The number of amides is 1. The number of anilines is 1. The van der Waals surface area contributed by atoms with Crippen molar-refractivity contribution >= 4 is 11.7 Å². The maximum atomic E-state index is 13.4. The number of nitrogens with zero attached hydrogens (tertiary/aromatic N) is 1. The molecule has 2 aromatic heterocycles. The highest BCUT2D eigenvalue weighted by Gasteiger charge is 2.17. The highest BCUT2D eigenvalue weighted by atomic mass is 19.1. The Morgan fingerprint density at radius 2 is 2.33 bits per heavy atom. The summed E-state index contributed by atoms with van der Waals surface area (Å²) in [6.45, 7) is 4.45. The monoisotopic (exact) mass is 291 g/mol. The van der Waals surface area contributed by atoms with E-state index in [0.717, 1.165) is 12.6 Å². The van der Waals surface area contributed by atoms with E-state index in [2.05, 4.69) is 15.6 Å². The molecule has 0 aliphatic carbocycles. The van der Waals surface area contributed by atoms with Crippen molar-refractivity contribution in [2.75, 3.05) is 11.9 Å². The molecule has 6 heteroatoms. The molecule has 112 valence electrons. The average Bonchev–Trinajstić information content (AvgIpc) is 3.00. The summed E-state index contributed by atoms with van der Waals surface area (Å²) in [5.74, 6) is 0.0653. The van der Waals surface area contributed by atoms with Crippen LogP contribution < -0.4 is 10.6 Å². The van der Waals surface area contributed by atoms with E-state index in [1.54, 1.807) is 19.1 Å². The van der Waals surface area contributed by atoms with Crippen LogP contribution in [0.1, 0.15) is 42.4 Å². The maximum absolute atomic E-state index is 13.4. The van der Waals surface area contributed by atoms with E-state index in [4.69, 9.17) is 4.42 Å². The van der Waals surface area contributed by atoms with Gasteiger partial charge in [-0.05, 0) is 31.5 Å². The second kappa shape index (κ2) is 6.88. The Kier molecular flexibility index (Phi) is 4.92. The molecule has 1 unspecified atom stereocenters. The van der Waals surface area contributed by atoms with Crippen LogP contribution in [0.5, 0.6) is 0 Å². The summed E-state index contributed by atoms with van der Waals surface area (Å²) >= 11 is 0. The highest BCUT2D eigenvalue weighted by Crippen LogP contribution is 2.17. The van der Waals surface area contributed by atoms with Crippen LogP contribution in [0.25, 0.3) is 0 Å². The van der Waals surface area contributed by atoms with E-state index in [9.17, 15) is 9.18 Å². The quantitative estimate of drug-likeness (QED) is 0.858. The van der Waals surface area contributed by atoms with Crippen molar-refractivity contribution in [3.05, 3.63) is 47.8 Å². The zero-order valence-corrected chi connectivity index (χ0v) is 12.0. The van der Waals surface area contributed by atoms with Crippen LogP contribution >= 0.6 is 0 Å². The molecule has 21 heavy (non-hydrogen) atoms. The molecule has 0 radical (unpaired) electrons. The molecular formula is C15H18FN3O2. The van der Waals surface area contributed by atoms with Crippen LogP contribution in [0.15, 0.2) is 35.1 Å². The van der Waals surface area contributed by atoms with E-state index < -0.39 is 11.7 Å². The third-order valence-electron chi connectivity index (χ3n) is 2.96. The SMILES string of the molecule is CCCNc1ncc(F)cc1C(=O)NC(C)c1ccco1. The van der Waals surface area contributed by atoms with Gasteiger partial charge in [0, 0.05) is 6.54 Å². The van der Waals surface area contributed by atoms with Gasteiger partial charge in [0.15, 0.2) is 0 Å². The number of halogens is 1. The van der Waals surface area contributed by atoms with Gasteiger partial charge in [-0.2, -0.15) is 0 Å². The first-order valence-corrected chi connectivity index (χ1v) is 6.85. The predicted octanol–water partition coefficient (Wildman–Crippen LogP) is 3.13. The maximum Gasteiger partial charge on any atom is 0.255 e. The van der Waals surface area contributed by atoms with Crippen molar-refractivity contribution < 1.29 is 13.6 Å². The number of pyridine rings is 1. The Morgan fingerprint density at radius 3 is 3.00 bits per heavy atom. The third kappa shape index (κ3) is 3.81. The minimum atomic E-state index is -0.548. The van der Waals surface area contributed by atoms with Crippen LogP contribution in [-0.4, -0.2) is 17.4 Å². The Labute approximate surface area is 122 Å². The number of carbonyl (C=O) groups is 1. The number of rotatable bonds is 6. The van der Waals surface area contributed by atoms with Crippen molar-refractivity contribution in [2.45, 2.75) is 26.3 Å². The molecule has 1 amide bonds. The molecule has 0 saturated carbocycles. The van der Waals surface area contributed by atoms with Crippen LogP contribution in [0.3, 0.4) is 0 Å². The summed E-state index contributed by atoms with van der Waals surface area (Å²) in [5.41, 5.74) is 0.182. The molecule has 2 aromatic rings. The van der Waals surface area contributed by atoms with Gasteiger partial charge in [-0.3, -0.25) is 4.79 Å². The van der Waals surface area contributed by atoms with Gasteiger partial charge in [-0.1, -0.05) is 6.92 Å². The van der Waals surface area contributed by atoms with Gasteiger partial charge in [-0.25, -0.2) is 9.37 Å². The van der Waals surface area contributed by atoms with Gasteiger partial charge < -0.3 is 15.1 Å². The Hall–Kier alpha value is -2.37. The van der Waals surface area contributed by atoms with Crippen LogP contribution in [-0.2, 0) is 0 Å². The third-order valence-corrected chi connectivity index (χ3v) is 2.96. The molecule has 5 nitrogen and oxygen atoms in total. The zero-order chi connectivity index (χ0) is 15.2. The molecule has 2 rings (SSSR count). The topological polar surface area (TPSA) is 67.2 Å². The minimum Gasteiger partial charge on any atom is -0.467 e. The second-order valence-electron chi connectivity index (χ2n) is 4.69. The van der Waals surface area contributed by atoms with Crippen molar-refractivity contribution in [3.8, 4) is 0 Å². The number of furan rings is 1. The summed E-state index contributed by atoms with van der Waals surface area (Å²) in [6.07, 6.45) is 3.50. The molecule has 0 aromatic carbocycles. The highest BCUT2D eigenvalue weighted by molar-refractivity contribution is 5.98. The van der Waals surface area contributed by atoms with Crippen molar-refractivity contribution in [1.82, 2.24) is 10.3 Å². The summed E-state index contributed by atoms with van der Waals surface area (Å²) in [4.78, 5) is 16.2. The Morgan fingerprint density at radius 1 is 1.52 bits per heavy atom. The Balaban J connectivity index is 2.15. The van der Waals surface area contributed by atoms with Crippen LogP contribution in [0, 0.1) is 5.82 Å². The fourth-order valence-corrected chi connectivity index (χ4v) is 1.88. The molecular weight excluding hydrogens is 273 g/mol. The lowest BCUT2D eigenvalue weighted by Crippen LogP contribution is -2.27. The molecule has 0 aliphatic heterocycles. The summed E-state index contributed by atoms with van der Waals surface area (Å²) in [5, 5.41) is 5.78. The first kappa shape index (κ1) is 15.0. The molecule has 0 spiro atoms. The second-order valence-corrected chi connectivity index (χ2v) is 4.69. The standard InChI is InChI=1S/C15H18FN3O2/c1-3-6-17-14-12(8-11(16)9-18-14)15(20)19-10(2)13-5-4-7-21-13/h4-5,7-10H,3,6H2,1-2H3,(H,17,18)(H,19,20). The first-order valence-electron chi connectivity index (χ1n) is 6.85. The lowest BCUT2D eigenvalue weighted by Gasteiger charge is -2.14. The van der Waals surface area contributed by atoms with Gasteiger partial charge in [0.1, 0.15) is 17.4 Å². The molecule has 2 heterocycles. The van der Waals surface area contributed by atoms with Gasteiger partial charge in [0.2, 0.25) is 0 Å². The van der Waals surface area contributed by atoms with E-state index in [-0.39, 0.29) is 11.6 Å². The van der Waals surface area contributed by atoms with E-state index >= 15 is 0 Å². The van der Waals surface area contributed by atoms with Gasteiger partial charge in [-0.15, -0.1) is 0 Å². The molecule has 2 N–H and O–H groups in total. The van der Waals surface area contributed by atoms with E-state index in [1.807, 2.05) is 6.92 Å². The smallest absolute Gasteiger partial charge is 0.255 e. The summed E-state index contributed by atoms with van der Waals surface area (Å²) in [7, 11) is 0. The number of hydrogen-bond donors (Lipinski definition) is 2. The van der Waals surface area contributed by atoms with Crippen LogP contribution in [0.2, 0.25) is 0 Å². The molecule has 0 saturated heterocycles. The first-order chi connectivity index (χ1) is 10.1. The minimum absolute atomic E-state index is 0.182. The fourth-order valence-electron chi connectivity index (χ4n) is 1.88. The summed E-state index contributed by atoms with van der Waals surface area (Å²) in [6, 6.07) is 4.38. The van der Waals surface area contributed by atoms with Crippen molar-refractivity contribution in [3.63, 3.8) is 0 Å². The Bertz CT molecular complexity index is 599. The number of nitrogens with one attached hydrogen (secondary N) is 2.